The summed E-state index contributed by atoms with van der Waals surface area (Å²) in [6, 6.07) is 3.20. The lowest BCUT2D eigenvalue weighted by molar-refractivity contribution is 0.0697. The number of hydrogen-bond donors (Lipinski definition) is 2. The molecular weight excluding hydrogens is 275 g/mol. The monoisotopic (exact) mass is 294 g/mol. The Morgan fingerprint density at radius 2 is 2.10 bits per heavy atom. The van der Waals surface area contributed by atoms with Gasteiger partial charge in [0.1, 0.15) is 5.82 Å². The number of nitrogens with one attached hydrogen (secondary N) is 1. The number of hydrogen-bond acceptors (Lipinski definition) is 2. The third-order valence-corrected chi connectivity index (χ3v) is 3.26. The number of carbonyl (C=O) groups excluding carboxylic acids is 1. The molecule has 1 aliphatic rings. The average Bonchev–Trinajstić information content (AvgIpc) is 3.21. The Hall–Kier alpha value is -2.11. The molecule has 1 saturated carbocycles. The third kappa shape index (κ3) is 3.93. The lowest BCUT2D eigenvalue weighted by Crippen LogP contribution is -2.39. The Labute approximate surface area is 122 Å². The van der Waals surface area contributed by atoms with E-state index >= 15 is 0 Å². The summed E-state index contributed by atoms with van der Waals surface area (Å²) in [6.07, 6.45) is 1.94. The Balaban J connectivity index is 2.16. The van der Waals surface area contributed by atoms with E-state index in [-0.39, 0.29) is 23.3 Å². The number of anilines is 1. The number of urea groups is 1. The quantitative estimate of drug-likeness (QED) is 0.876. The third-order valence-electron chi connectivity index (χ3n) is 3.26. The summed E-state index contributed by atoms with van der Waals surface area (Å²) in [7, 11) is 0. The Bertz CT molecular complexity index is 556. The summed E-state index contributed by atoms with van der Waals surface area (Å²) in [5.74, 6) is -1.60. The van der Waals surface area contributed by atoms with Crippen molar-refractivity contribution in [1.29, 1.82) is 0 Å². The van der Waals surface area contributed by atoms with E-state index in [0.717, 1.165) is 25.0 Å². The van der Waals surface area contributed by atoms with E-state index in [1.807, 2.05) is 13.8 Å². The van der Waals surface area contributed by atoms with Gasteiger partial charge >= 0.3 is 12.0 Å². The molecule has 0 aliphatic heterocycles. The molecule has 0 heterocycles. The van der Waals surface area contributed by atoms with E-state index in [2.05, 4.69) is 5.32 Å². The molecule has 0 saturated heterocycles. The van der Waals surface area contributed by atoms with Crippen LogP contribution in [0.4, 0.5) is 14.9 Å². The molecule has 1 aromatic carbocycles. The molecule has 2 rings (SSSR count). The highest BCUT2D eigenvalue weighted by Crippen LogP contribution is 2.28. The molecule has 1 aromatic rings. The SMILES string of the molecule is CC(C)CN(C(=O)Nc1ccc(F)cc1C(=O)O)C1CC1. The van der Waals surface area contributed by atoms with Crippen molar-refractivity contribution in [1.82, 2.24) is 4.90 Å². The number of rotatable bonds is 5. The minimum Gasteiger partial charge on any atom is -0.478 e. The summed E-state index contributed by atoms with van der Waals surface area (Å²) in [5.41, 5.74) is -0.132. The van der Waals surface area contributed by atoms with Crippen molar-refractivity contribution in [2.45, 2.75) is 32.7 Å². The maximum Gasteiger partial charge on any atom is 0.337 e. The molecule has 2 N–H and O–H groups in total. The van der Waals surface area contributed by atoms with Gasteiger partial charge in [-0.25, -0.2) is 14.0 Å². The van der Waals surface area contributed by atoms with Gasteiger partial charge in [0.25, 0.3) is 0 Å². The molecule has 0 radical (unpaired) electrons. The number of nitrogens with zero attached hydrogens (tertiary/aromatic N) is 1. The van der Waals surface area contributed by atoms with Crippen molar-refractivity contribution in [2.24, 2.45) is 5.92 Å². The van der Waals surface area contributed by atoms with Gasteiger partial charge in [-0.15, -0.1) is 0 Å². The Kier molecular flexibility index (Phi) is 4.45. The zero-order valence-electron chi connectivity index (χ0n) is 12.1. The van der Waals surface area contributed by atoms with Gasteiger partial charge in [0.05, 0.1) is 11.3 Å². The first-order valence-electron chi connectivity index (χ1n) is 6.99. The Morgan fingerprint density at radius 3 is 2.62 bits per heavy atom. The standard InChI is InChI=1S/C15H19FN2O3/c1-9(2)8-18(11-4-5-11)15(21)17-13-6-3-10(16)7-12(13)14(19)20/h3,6-7,9,11H,4-5,8H2,1-2H3,(H,17,21)(H,19,20). The van der Waals surface area contributed by atoms with E-state index in [4.69, 9.17) is 5.11 Å². The molecule has 114 valence electrons. The van der Waals surface area contributed by atoms with Gasteiger partial charge in [0, 0.05) is 12.6 Å². The molecule has 21 heavy (non-hydrogen) atoms. The number of amides is 2. The van der Waals surface area contributed by atoms with Crippen LogP contribution in [0, 0.1) is 11.7 Å². The van der Waals surface area contributed by atoms with E-state index in [1.54, 1.807) is 4.90 Å². The highest BCUT2D eigenvalue weighted by molar-refractivity contribution is 6.00. The summed E-state index contributed by atoms with van der Waals surface area (Å²) in [5, 5.41) is 11.7. The smallest absolute Gasteiger partial charge is 0.337 e. The van der Waals surface area contributed by atoms with Gasteiger partial charge in [-0.05, 0) is 37.0 Å². The van der Waals surface area contributed by atoms with Gasteiger partial charge in [-0.1, -0.05) is 13.8 Å². The number of aromatic carboxylic acids is 1. The molecule has 0 bridgehead atoms. The summed E-state index contributed by atoms with van der Waals surface area (Å²) >= 11 is 0. The summed E-state index contributed by atoms with van der Waals surface area (Å²) in [4.78, 5) is 25.2. The van der Waals surface area contributed by atoms with Crippen molar-refractivity contribution < 1.29 is 19.1 Å². The van der Waals surface area contributed by atoms with Crippen LogP contribution in [-0.4, -0.2) is 34.6 Å². The van der Waals surface area contributed by atoms with Crippen LogP contribution in [0.3, 0.4) is 0 Å². The maximum atomic E-state index is 13.1. The predicted octanol–water partition coefficient (Wildman–Crippen LogP) is 3.18. The lowest BCUT2D eigenvalue weighted by atomic mass is 10.1. The molecule has 2 amide bonds. The summed E-state index contributed by atoms with van der Waals surface area (Å²) in [6.45, 7) is 4.65. The van der Waals surface area contributed by atoms with Crippen LogP contribution in [0.5, 0.6) is 0 Å². The average molecular weight is 294 g/mol. The summed E-state index contributed by atoms with van der Waals surface area (Å²) < 4.78 is 13.1. The number of halogens is 1. The fourth-order valence-electron chi connectivity index (χ4n) is 2.17. The second kappa shape index (κ2) is 6.11. The first-order valence-corrected chi connectivity index (χ1v) is 6.99. The number of carboxylic acid groups (broad SMARTS) is 1. The number of carbonyl (C=O) groups is 2. The second-order valence-electron chi connectivity index (χ2n) is 5.70. The van der Waals surface area contributed by atoms with Crippen molar-refractivity contribution in [2.75, 3.05) is 11.9 Å². The molecule has 0 unspecified atom stereocenters. The van der Waals surface area contributed by atoms with Crippen LogP contribution in [0.15, 0.2) is 18.2 Å². The van der Waals surface area contributed by atoms with Gasteiger partial charge < -0.3 is 15.3 Å². The lowest BCUT2D eigenvalue weighted by Gasteiger charge is -2.25. The molecule has 0 atom stereocenters. The van der Waals surface area contributed by atoms with Crippen LogP contribution in [0.1, 0.15) is 37.0 Å². The minimum atomic E-state index is -1.27. The van der Waals surface area contributed by atoms with E-state index in [1.165, 1.54) is 6.07 Å². The van der Waals surface area contributed by atoms with Crippen molar-refractivity contribution in [3.63, 3.8) is 0 Å². The Morgan fingerprint density at radius 1 is 1.43 bits per heavy atom. The molecular formula is C15H19FN2O3. The fraction of sp³-hybridized carbons (Fsp3) is 0.467. The van der Waals surface area contributed by atoms with Gasteiger partial charge in [-0.2, -0.15) is 0 Å². The molecule has 6 heteroatoms. The molecule has 0 spiro atoms. The molecule has 0 aromatic heterocycles. The van der Waals surface area contributed by atoms with Crippen LogP contribution in [0.2, 0.25) is 0 Å². The highest BCUT2D eigenvalue weighted by atomic mass is 19.1. The highest BCUT2D eigenvalue weighted by Gasteiger charge is 2.33. The molecule has 1 aliphatic carbocycles. The van der Waals surface area contributed by atoms with Crippen LogP contribution in [0.25, 0.3) is 0 Å². The van der Waals surface area contributed by atoms with E-state index < -0.39 is 11.8 Å². The first-order chi connectivity index (χ1) is 9.88. The first kappa shape index (κ1) is 15.3. The minimum absolute atomic E-state index is 0.114. The fourth-order valence-corrected chi connectivity index (χ4v) is 2.17. The van der Waals surface area contributed by atoms with Crippen molar-refractivity contribution in [3.05, 3.63) is 29.6 Å². The normalized spacial score (nSPS) is 14.1. The maximum absolute atomic E-state index is 13.1. The van der Waals surface area contributed by atoms with E-state index in [9.17, 15) is 14.0 Å². The number of carboxylic acids is 1. The molecule has 5 nitrogen and oxygen atoms in total. The van der Waals surface area contributed by atoms with Crippen molar-refractivity contribution >= 4 is 17.7 Å². The zero-order chi connectivity index (χ0) is 15.6. The van der Waals surface area contributed by atoms with Crippen LogP contribution in [-0.2, 0) is 0 Å². The predicted molar refractivity (Wildman–Crippen MR) is 76.9 cm³/mol. The zero-order valence-corrected chi connectivity index (χ0v) is 12.1. The number of benzene rings is 1. The topological polar surface area (TPSA) is 69.6 Å². The van der Waals surface area contributed by atoms with Gasteiger partial charge in [-0.3, -0.25) is 0 Å². The van der Waals surface area contributed by atoms with E-state index in [0.29, 0.717) is 12.5 Å². The van der Waals surface area contributed by atoms with Crippen molar-refractivity contribution in [3.8, 4) is 0 Å². The van der Waals surface area contributed by atoms with Gasteiger partial charge in [0.2, 0.25) is 0 Å². The van der Waals surface area contributed by atoms with Crippen LogP contribution < -0.4 is 5.32 Å². The molecule has 1 fully saturated rings. The van der Waals surface area contributed by atoms with Crippen LogP contribution >= 0.6 is 0 Å². The largest absolute Gasteiger partial charge is 0.478 e. The second-order valence-corrected chi connectivity index (χ2v) is 5.70. The van der Waals surface area contributed by atoms with Gasteiger partial charge in [0.15, 0.2) is 0 Å².